The number of fused-ring (bicyclic) bond motifs is 18. The fourth-order valence-corrected chi connectivity index (χ4v) is 36.7. The molecular formula is C139H137B3N6. The summed E-state index contributed by atoms with van der Waals surface area (Å²) >= 11 is 0. The lowest BCUT2D eigenvalue weighted by molar-refractivity contribution is -0.0419. The third-order valence-corrected chi connectivity index (χ3v) is 41.9. The first kappa shape index (κ1) is 89.3. The summed E-state index contributed by atoms with van der Waals surface area (Å²) in [5.41, 5.74) is 56.1. The Bertz CT molecular complexity index is 8050. The molecule has 0 saturated heterocycles. The molecule has 15 aromatic rings. The van der Waals surface area contributed by atoms with Crippen LogP contribution in [-0.2, 0) is 32.5 Å². The highest BCUT2D eigenvalue weighted by Gasteiger charge is 2.68. The topological polar surface area (TPSA) is 19.4 Å². The van der Waals surface area contributed by atoms with Crippen LogP contribution in [0.2, 0.25) is 0 Å². The predicted molar refractivity (Wildman–Crippen MR) is 624 cm³/mol. The fraction of sp³-hybridized carbons (Fsp3) is 0.353. The average molecular weight is 1920 g/mol. The van der Waals surface area contributed by atoms with Crippen molar-refractivity contribution in [2.45, 2.75) is 238 Å². The van der Waals surface area contributed by atoms with E-state index in [-0.39, 0.29) is 52.6 Å². The van der Waals surface area contributed by atoms with E-state index < -0.39 is 0 Å². The molecule has 12 saturated carbocycles. The number of benzene rings is 15. The maximum absolute atomic E-state index is 2.71. The fourth-order valence-electron chi connectivity index (χ4n) is 36.7. The highest BCUT2D eigenvalue weighted by Crippen LogP contribution is 2.75. The average Bonchev–Trinajstić information content (AvgIpc) is 0.667. The van der Waals surface area contributed by atoms with Crippen molar-refractivity contribution < 1.29 is 0 Å². The maximum Gasteiger partial charge on any atom is 0.252 e. The van der Waals surface area contributed by atoms with Gasteiger partial charge in [-0.25, -0.2) is 0 Å². The zero-order valence-corrected chi connectivity index (χ0v) is 89.0. The second-order valence-corrected chi connectivity index (χ2v) is 53.1. The van der Waals surface area contributed by atoms with Crippen LogP contribution >= 0.6 is 0 Å². The normalized spacial score (nSPS) is 26.4. The van der Waals surface area contributed by atoms with Crippen LogP contribution in [0.1, 0.15) is 265 Å². The molecule has 36 rings (SSSR count). The first-order valence-electron chi connectivity index (χ1n) is 57.4. The van der Waals surface area contributed by atoms with Gasteiger partial charge in [0.25, 0.3) is 20.1 Å². The Balaban J connectivity index is 0.000000100. The summed E-state index contributed by atoms with van der Waals surface area (Å²) in [4.78, 5) is 15.8. The maximum atomic E-state index is 2.71. The van der Waals surface area contributed by atoms with E-state index in [0.717, 1.165) is 71.0 Å². The van der Waals surface area contributed by atoms with Gasteiger partial charge in [0.15, 0.2) is 0 Å². The molecule has 0 atom stereocenters. The van der Waals surface area contributed by atoms with Crippen molar-refractivity contribution in [3.8, 4) is 0 Å². The molecule has 0 amide bonds. The van der Waals surface area contributed by atoms with Gasteiger partial charge in [0.1, 0.15) is 0 Å². The molecule has 9 heteroatoms. The van der Waals surface area contributed by atoms with Crippen molar-refractivity contribution in [1.82, 2.24) is 0 Å². The summed E-state index contributed by atoms with van der Waals surface area (Å²) in [5, 5.41) is 0. The van der Waals surface area contributed by atoms with E-state index in [4.69, 9.17) is 0 Å². The van der Waals surface area contributed by atoms with Crippen LogP contribution in [0.5, 0.6) is 0 Å². The number of hydrogen-bond acceptors (Lipinski definition) is 6. The molecule has 148 heavy (non-hydrogen) atoms. The first-order valence-corrected chi connectivity index (χ1v) is 57.4. The summed E-state index contributed by atoms with van der Waals surface area (Å²) in [6, 6.07) is 123. The summed E-state index contributed by atoms with van der Waals surface area (Å²) in [6.45, 7) is 33.0. The molecule has 6 nitrogen and oxygen atoms in total. The Labute approximate surface area is 879 Å². The quantitative estimate of drug-likeness (QED) is 0.159. The summed E-state index contributed by atoms with van der Waals surface area (Å²) in [5.74, 6) is 10.9. The van der Waals surface area contributed by atoms with Crippen molar-refractivity contribution in [3.05, 3.63) is 376 Å². The van der Waals surface area contributed by atoms with Crippen molar-refractivity contribution in [2.75, 3.05) is 29.4 Å². The van der Waals surface area contributed by atoms with Crippen LogP contribution in [0, 0.1) is 77.9 Å². The lowest BCUT2D eigenvalue weighted by Gasteiger charge is -2.64. The van der Waals surface area contributed by atoms with Gasteiger partial charge in [-0.15, -0.1) is 0 Å². The molecule has 15 aromatic carbocycles. The largest absolute Gasteiger partial charge is 0.311 e. The van der Waals surface area contributed by atoms with Crippen molar-refractivity contribution >= 4 is 172 Å². The molecule has 12 aliphatic carbocycles. The number of para-hydroxylation sites is 6. The Morgan fingerprint density at radius 3 is 0.892 bits per heavy atom. The number of rotatable bonds is 5. The van der Waals surface area contributed by atoms with Crippen molar-refractivity contribution in [2.24, 2.45) is 71.0 Å². The zero-order chi connectivity index (χ0) is 99.5. The van der Waals surface area contributed by atoms with Crippen LogP contribution in [0.25, 0.3) is 0 Å². The van der Waals surface area contributed by atoms with Gasteiger partial charge in [-0.1, -0.05) is 296 Å². The number of hydrogen-bond donors (Lipinski definition) is 0. The SMILES string of the molecule is CC(C)c1ccc2c(c1)B1c3cccc4c3N(c3ccccc3C43C4CC5CC(C4)CC3C5)c3cccc(c31)N2c1ccc(C(C)(C)C)cc1.CC(C)c1ccc2c(c1)N(c1ccc(C(C)(C)C)cc1)c1cccc3c1B2c1cccc2c1N3c1ccccc1C21C2CC3CC(C2)CC1C3.Cc1ccc2c(c1)B1c3cccc4c3N(c3ccccc3C43C4CC5CC(C4)CC3C5)c3cccc(c31)N2c1cccc(C(C)(C)C)c1. The Morgan fingerprint density at radius 2 is 0.520 bits per heavy atom. The predicted octanol–water partition coefficient (Wildman–Crippen LogP) is 29.9. The molecule has 3 spiro atoms. The molecule has 732 valence electrons. The second-order valence-electron chi connectivity index (χ2n) is 53.1. The summed E-state index contributed by atoms with van der Waals surface area (Å²) < 4.78 is 0. The molecular weight excluding hydrogens is 1790 g/mol. The van der Waals surface area contributed by atoms with E-state index in [2.05, 4.69) is 436 Å². The molecule has 0 unspecified atom stereocenters. The van der Waals surface area contributed by atoms with Gasteiger partial charge in [0, 0.05) is 102 Å². The zero-order valence-electron chi connectivity index (χ0n) is 89.0. The molecule has 21 aliphatic rings. The van der Waals surface area contributed by atoms with E-state index >= 15 is 0 Å². The molecule has 9 aliphatic heterocycles. The van der Waals surface area contributed by atoms with E-state index in [9.17, 15) is 0 Å². The minimum Gasteiger partial charge on any atom is -0.311 e. The minimum absolute atomic E-state index is 0.0707. The Morgan fingerprint density at radius 1 is 0.223 bits per heavy atom. The van der Waals surface area contributed by atoms with Gasteiger partial charge in [-0.3, -0.25) is 0 Å². The van der Waals surface area contributed by atoms with Gasteiger partial charge >= 0.3 is 0 Å². The lowest BCUT2D eigenvalue weighted by atomic mass is 9.32. The van der Waals surface area contributed by atoms with Crippen molar-refractivity contribution in [3.63, 3.8) is 0 Å². The standard InChI is InChI=1S/2C47H47BN2.C45H43BN2/c1-28(2)31-16-21-38-43(27-31)49(35-19-17-32(18-20-35)46(3,4)5)41-14-9-15-42-44(41)48(38)39-12-8-11-37-45(39)50(42)40-13-7-6-10-36(40)47(37)33-23-29-22-30(25-33)26-34(47)24-29;1-28(2)31-16-21-41-39(27-31)48-38-12-8-11-37-45(38)50(40-13-7-6-10-36(40)47(37)33-23-29-22-30(25-33)26-34(47)24-29)43-15-9-14-42(44(43)48)49(41)35-19-17-32(18-20-35)46(3,4)5;1-27-18-19-39-37(20-27)46-36-14-8-13-35-43(36)48(38-15-6-5-12-34(38)45(35)31-22-28-21-29(24-31)25-32(45)23-28)41-17-9-16-40(42(41)46)47(39)33-11-7-10-30(26-33)44(2,3)4/h2*6-21,27-30,33-34H,22-26H2,1-5H3;5-20,26,28-29,31-32H,21-25H2,1-4H3. The van der Waals surface area contributed by atoms with Gasteiger partial charge in [0.05, 0.1) is 17.1 Å². The highest BCUT2D eigenvalue weighted by atomic mass is 15.2. The van der Waals surface area contributed by atoms with Gasteiger partial charge in [0.2, 0.25) is 0 Å². The Kier molecular flexibility index (Phi) is 19.0. The molecule has 0 radical (unpaired) electrons. The Hall–Kier alpha value is -12.7. The van der Waals surface area contributed by atoms with Crippen molar-refractivity contribution in [1.29, 1.82) is 0 Å². The third-order valence-electron chi connectivity index (χ3n) is 41.9. The lowest BCUT2D eigenvalue weighted by Crippen LogP contribution is -2.64. The summed E-state index contributed by atoms with van der Waals surface area (Å²) in [6.07, 6.45) is 21.3. The van der Waals surface area contributed by atoms with Crippen LogP contribution in [-0.4, -0.2) is 20.1 Å². The summed E-state index contributed by atoms with van der Waals surface area (Å²) in [7, 11) is 0. The second kappa shape index (κ2) is 31.5. The third kappa shape index (κ3) is 12.1. The number of aryl methyl sites for hydroxylation is 1. The van der Waals surface area contributed by atoms with E-state index in [0.29, 0.717) is 11.8 Å². The van der Waals surface area contributed by atoms with E-state index in [1.54, 1.807) is 33.4 Å². The monoisotopic (exact) mass is 1920 g/mol. The van der Waals surface area contributed by atoms with Gasteiger partial charge in [-0.2, -0.15) is 0 Å². The van der Waals surface area contributed by atoms with E-state index in [1.807, 2.05) is 0 Å². The molecule has 0 N–H and O–H groups in total. The molecule has 9 heterocycles. The smallest absolute Gasteiger partial charge is 0.252 e. The van der Waals surface area contributed by atoms with Crippen LogP contribution in [0.15, 0.2) is 309 Å². The van der Waals surface area contributed by atoms with Gasteiger partial charge < -0.3 is 29.4 Å². The molecule has 12 fully saturated rings. The van der Waals surface area contributed by atoms with Crippen LogP contribution in [0.3, 0.4) is 0 Å². The van der Waals surface area contributed by atoms with Crippen LogP contribution < -0.4 is 78.6 Å². The number of nitrogens with zero attached hydrogens (tertiary/aromatic N) is 6. The highest BCUT2D eigenvalue weighted by molar-refractivity contribution is 7.02. The van der Waals surface area contributed by atoms with Crippen LogP contribution in [0.4, 0.5) is 102 Å². The minimum atomic E-state index is 0.0707. The first-order chi connectivity index (χ1) is 71.8. The number of anilines is 18. The van der Waals surface area contributed by atoms with E-state index in [1.165, 1.54) is 281 Å². The van der Waals surface area contributed by atoms with Gasteiger partial charge in [-0.05, 0) is 422 Å². The molecule has 12 bridgehead atoms. The molecule has 0 aromatic heterocycles.